The third kappa shape index (κ3) is 4.66. The minimum atomic E-state index is -0.949. The molecule has 0 bridgehead atoms. The summed E-state index contributed by atoms with van der Waals surface area (Å²) in [6.45, 7) is 0. The summed E-state index contributed by atoms with van der Waals surface area (Å²) in [6.07, 6.45) is 0. The predicted octanol–water partition coefficient (Wildman–Crippen LogP) is 1.68. The van der Waals surface area contributed by atoms with E-state index in [0.29, 0.717) is 0 Å². The van der Waals surface area contributed by atoms with Crippen LogP contribution in [0, 0.1) is 0 Å². The van der Waals surface area contributed by atoms with Gasteiger partial charge in [-0.3, -0.25) is 0 Å². The van der Waals surface area contributed by atoms with E-state index < -0.39 is 19.8 Å². The van der Waals surface area contributed by atoms with Gasteiger partial charge < -0.3 is 0 Å². The van der Waals surface area contributed by atoms with Gasteiger partial charge in [0.05, 0.1) is 0 Å². The molecule has 2 heteroatoms. The quantitative estimate of drug-likeness (QED) is 0.435. The van der Waals surface area contributed by atoms with Gasteiger partial charge >= 0.3 is 38.8 Å². The second-order valence-electron chi connectivity index (χ2n) is 1.01. The van der Waals surface area contributed by atoms with Gasteiger partial charge in [0.1, 0.15) is 0 Å². The van der Waals surface area contributed by atoms with Crippen LogP contribution in [0.5, 0.6) is 0 Å². The molecule has 0 aromatic carbocycles. The summed E-state index contributed by atoms with van der Waals surface area (Å²) in [5.74, 6) is 0. The molecule has 0 aliphatic heterocycles. The van der Waals surface area contributed by atoms with Crippen LogP contribution in [0.3, 0.4) is 0 Å². The Morgan fingerprint density at radius 2 is 1.80 bits per heavy atom. The molecule has 0 rings (SSSR count). The summed E-state index contributed by atoms with van der Waals surface area (Å²) in [5.41, 5.74) is 0. The van der Waals surface area contributed by atoms with Crippen molar-refractivity contribution in [2.24, 2.45) is 0 Å². The van der Waals surface area contributed by atoms with E-state index in [-0.39, 0.29) is 4.68 Å². The van der Waals surface area contributed by atoms with Gasteiger partial charge in [0.25, 0.3) is 0 Å². The first-order valence-electron chi connectivity index (χ1n) is 1.29. The second-order valence-corrected chi connectivity index (χ2v) is 6.80. The van der Waals surface area contributed by atoms with Gasteiger partial charge in [0, 0.05) is 0 Å². The van der Waals surface area contributed by atoms with E-state index >= 15 is 0 Å². The third-order valence-corrected chi connectivity index (χ3v) is 1.36. The van der Waals surface area contributed by atoms with E-state index in [2.05, 4.69) is 0 Å². The Hall–Kier alpha value is 0.660. The van der Waals surface area contributed by atoms with Crippen molar-refractivity contribution in [3.8, 4) is 0 Å². The van der Waals surface area contributed by atoms with Crippen LogP contribution in [0.4, 0.5) is 4.39 Å². The van der Waals surface area contributed by atoms with Crippen molar-refractivity contribution in [2.45, 2.75) is 0 Å². The maximum atomic E-state index is 11.2. The summed E-state index contributed by atoms with van der Waals surface area (Å²) in [5, 5.41) is 0. The van der Waals surface area contributed by atoms with E-state index in [1.165, 1.54) is 0 Å². The number of halogens is 2. The molecule has 0 fully saturated rings. The van der Waals surface area contributed by atoms with Gasteiger partial charge in [-0.1, -0.05) is 0 Å². The number of hydrogen-bond acceptors (Lipinski definition) is 0. The van der Waals surface area contributed by atoms with Gasteiger partial charge in [-0.25, -0.2) is 0 Å². The Morgan fingerprint density at radius 3 is 1.80 bits per heavy atom. The molecule has 0 N–H and O–H groups in total. The number of alkyl halides is 4. The van der Waals surface area contributed by atoms with Crippen LogP contribution in [0.2, 0.25) is 0 Å². The molecule has 0 spiro atoms. The van der Waals surface area contributed by atoms with E-state index in [0.717, 1.165) is 0 Å². The van der Waals surface area contributed by atoms with Crippen molar-refractivity contribution in [1.82, 2.24) is 0 Å². The van der Waals surface area contributed by atoms with Gasteiger partial charge in [0.2, 0.25) is 0 Å². The average Bonchev–Trinajstić information content (AvgIpc) is 1.38. The van der Waals surface area contributed by atoms with Crippen LogP contribution in [0.15, 0.2) is 0 Å². The van der Waals surface area contributed by atoms with Crippen molar-refractivity contribution in [3.05, 3.63) is 0 Å². The molecule has 0 radical (unpaired) electrons. The third-order valence-electron chi connectivity index (χ3n) is 0.202. The van der Waals surface area contributed by atoms with Crippen LogP contribution in [-0.2, 0) is 0 Å². The number of hydrogen-bond donors (Lipinski definition) is 0. The first-order chi connectivity index (χ1) is 2.27. The Morgan fingerprint density at radius 1 is 1.60 bits per heavy atom. The topological polar surface area (TPSA) is 0 Å². The van der Waals surface area contributed by atoms with Crippen LogP contribution >= 0.6 is 19.8 Å². The molecular formula is C3H8FI. The Kier molecular flexibility index (Phi) is 3.25. The van der Waals surface area contributed by atoms with Gasteiger partial charge in [0.15, 0.2) is 0 Å². The van der Waals surface area contributed by atoms with Gasteiger partial charge in [-0.05, 0) is 0 Å². The molecule has 0 amide bonds. The number of rotatable bonds is 1. The summed E-state index contributed by atoms with van der Waals surface area (Å²) >= 11 is -0.949. The van der Waals surface area contributed by atoms with Gasteiger partial charge in [-0.15, -0.1) is 0 Å². The molecule has 0 aromatic rings. The standard InChI is InChI=1S/C3H8FI/c1-5(2)3-4/h3H2,1-2H3. The summed E-state index contributed by atoms with van der Waals surface area (Å²) in [4.78, 5) is 4.01. The molecule has 0 aliphatic carbocycles. The zero-order chi connectivity index (χ0) is 4.28. The Bertz CT molecular complexity index is 20.9. The average molecular weight is 190 g/mol. The summed E-state index contributed by atoms with van der Waals surface area (Å²) in [6, 6.07) is 0. The normalized spacial score (nSPS) is 11.4. The molecule has 0 atom stereocenters. The van der Waals surface area contributed by atoms with Crippen molar-refractivity contribution in [1.29, 1.82) is 0 Å². The van der Waals surface area contributed by atoms with Crippen molar-refractivity contribution >= 4 is 19.8 Å². The molecule has 34 valence electrons. The summed E-state index contributed by atoms with van der Waals surface area (Å²) < 4.78 is 11.1. The van der Waals surface area contributed by atoms with Crippen LogP contribution in [0.1, 0.15) is 0 Å². The predicted molar refractivity (Wildman–Crippen MR) is 31.8 cm³/mol. The van der Waals surface area contributed by atoms with E-state index in [9.17, 15) is 4.39 Å². The molecule has 5 heavy (non-hydrogen) atoms. The molecule has 0 heterocycles. The van der Waals surface area contributed by atoms with Crippen molar-refractivity contribution < 1.29 is 4.39 Å². The van der Waals surface area contributed by atoms with E-state index in [4.69, 9.17) is 0 Å². The fourth-order valence-corrected chi connectivity index (χ4v) is 0. The van der Waals surface area contributed by atoms with E-state index in [1.807, 2.05) is 9.86 Å². The second kappa shape index (κ2) is 2.87. The SMILES string of the molecule is CI(C)CF. The Balaban J connectivity index is 2.54. The minimum absolute atomic E-state index is 0.0378. The van der Waals surface area contributed by atoms with Gasteiger partial charge in [-0.2, -0.15) is 0 Å². The van der Waals surface area contributed by atoms with Crippen LogP contribution in [0.25, 0.3) is 0 Å². The Labute approximate surface area is 39.1 Å². The first-order valence-corrected chi connectivity index (χ1v) is 7.13. The molecule has 0 saturated carbocycles. The van der Waals surface area contributed by atoms with E-state index in [1.54, 1.807) is 0 Å². The molecular weight excluding hydrogens is 182 g/mol. The monoisotopic (exact) mass is 190 g/mol. The molecule has 0 saturated heterocycles. The van der Waals surface area contributed by atoms with Crippen molar-refractivity contribution in [3.63, 3.8) is 0 Å². The van der Waals surface area contributed by atoms with Crippen molar-refractivity contribution in [2.75, 3.05) is 14.5 Å². The fraction of sp³-hybridized carbons (Fsp3) is 1.00. The summed E-state index contributed by atoms with van der Waals surface area (Å²) in [7, 11) is 0. The fourth-order valence-electron chi connectivity index (χ4n) is 0. The van der Waals surface area contributed by atoms with Crippen LogP contribution < -0.4 is 0 Å². The zero-order valence-electron chi connectivity index (χ0n) is 3.46. The molecule has 0 nitrogen and oxygen atoms in total. The first kappa shape index (κ1) is 5.66. The molecule has 0 aromatic heterocycles. The molecule has 0 aliphatic rings. The zero-order valence-corrected chi connectivity index (χ0v) is 5.62. The van der Waals surface area contributed by atoms with Crippen LogP contribution in [-0.4, -0.2) is 14.5 Å². The maximum absolute atomic E-state index is 11.2. The molecule has 0 unspecified atom stereocenters.